The maximum Gasteiger partial charge on any atom is 0.224 e. The summed E-state index contributed by atoms with van der Waals surface area (Å²) in [5.41, 5.74) is 2.65. The van der Waals surface area contributed by atoms with Gasteiger partial charge in [-0.2, -0.15) is 0 Å². The lowest BCUT2D eigenvalue weighted by Crippen LogP contribution is -2.37. The van der Waals surface area contributed by atoms with Crippen molar-refractivity contribution in [1.82, 2.24) is 10.3 Å². The maximum atomic E-state index is 12.9. The first-order valence-electron chi connectivity index (χ1n) is 8.13. The van der Waals surface area contributed by atoms with Crippen molar-refractivity contribution < 1.29 is 9.18 Å². The molecule has 0 radical (unpaired) electrons. The fourth-order valence-corrected chi connectivity index (χ4v) is 3.10. The highest BCUT2D eigenvalue weighted by molar-refractivity contribution is 6.31. The molecule has 3 nitrogen and oxygen atoms in total. The number of aromatic nitrogens is 1. The normalized spacial score (nSPS) is 11.7. The molecular weight excluding hydrogens is 339 g/mol. The highest BCUT2D eigenvalue weighted by atomic mass is 35.5. The van der Waals surface area contributed by atoms with Gasteiger partial charge in [-0.3, -0.25) is 4.79 Å². The molecule has 0 atom stereocenters. The van der Waals surface area contributed by atoms with Gasteiger partial charge < -0.3 is 10.3 Å². The molecule has 0 bridgehead atoms. The number of hydrogen-bond acceptors (Lipinski definition) is 1. The maximum absolute atomic E-state index is 12.9. The van der Waals surface area contributed by atoms with E-state index in [-0.39, 0.29) is 23.6 Å². The molecule has 0 unspecified atom stereocenters. The van der Waals surface area contributed by atoms with E-state index in [9.17, 15) is 9.18 Å². The predicted octanol–water partition coefficient (Wildman–Crippen LogP) is 4.60. The van der Waals surface area contributed by atoms with Gasteiger partial charge in [0.15, 0.2) is 0 Å². The van der Waals surface area contributed by atoms with Crippen LogP contribution in [0, 0.1) is 5.82 Å². The Labute approximate surface area is 151 Å². The fourth-order valence-electron chi connectivity index (χ4n) is 2.92. The number of H-pyrrole nitrogens is 1. The first-order valence-corrected chi connectivity index (χ1v) is 8.51. The molecule has 0 saturated heterocycles. The molecule has 25 heavy (non-hydrogen) atoms. The van der Waals surface area contributed by atoms with Crippen molar-refractivity contribution in [2.75, 3.05) is 6.54 Å². The van der Waals surface area contributed by atoms with E-state index in [1.807, 2.05) is 24.4 Å². The molecule has 0 aliphatic heterocycles. The van der Waals surface area contributed by atoms with Crippen molar-refractivity contribution in [3.05, 3.63) is 70.6 Å². The molecule has 2 N–H and O–H groups in total. The molecule has 0 saturated carbocycles. The molecule has 5 heteroatoms. The molecule has 3 rings (SSSR count). The number of hydrogen-bond donors (Lipinski definition) is 2. The Morgan fingerprint density at radius 1 is 1.20 bits per heavy atom. The lowest BCUT2D eigenvalue weighted by Gasteiger charge is -2.25. The quantitative estimate of drug-likeness (QED) is 0.688. The third-order valence-corrected chi connectivity index (χ3v) is 4.61. The number of rotatable bonds is 5. The largest absolute Gasteiger partial charge is 0.361 e. The third kappa shape index (κ3) is 4.02. The molecule has 130 valence electrons. The second kappa shape index (κ2) is 6.89. The van der Waals surface area contributed by atoms with Gasteiger partial charge >= 0.3 is 0 Å². The van der Waals surface area contributed by atoms with Crippen LogP contribution in [-0.2, 0) is 16.6 Å². The zero-order valence-corrected chi connectivity index (χ0v) is 15.0. The Morgan fingerprint density at radius 3 is 2.64 bits per heavy atom. The third-order valence-electron chi connectivity index (χ3n) is 4.38. The molecule has 0 spiro atoms. The SMILES string of the molecule is CC(C)(CNC(=O)Cc1ccc(F)cc1)c1c[nH]c2cc(Cl)ccc12. The smallest absolute Gasteiger partial charge is 0.224 e. The van der Waals surface area contributed by atoms with E-state index in [2.05, 4.69) is 24.1 Å². The lowest BCUT2D eigenvalue weighted by molar-refractivity contribution is -0.120. The van der Waals surface area contributed by atoms with Gasteiger partial charge in [0.1, 0.15) is 5.82 Å². The summed E-state index contributed by atoms with van der Waals surface area (Å²) in [6.07, 6.45) is 2.20. The summed E-state index contributed by atoms with van der Waals surface area (Å²) in [6, 6.07) is 11.7. The average molecular weight is 359 g/mol. The Bertz CT molecular complexity index is 900. The van der Waals surface area contributed by atoms with Crippen LogP contribution in [0.2, 0.25) is 5.02 Å². The number of benzene rings is 2. The highest BCUT2D eigenvalue weighted by Crippen LogP contribution is 2.31. The van der Waals surface area contributed by atoms with E-state index >= 15 is 0 Å². The van der Waals surface area contributed by atoms with Gasteiger partial charge in [-0.15, -0.1) is 0 Å². The molecule has 1 aromatic heterocycles. The van der Waals surface area contributed by atoms with Gasteiger partial charge in [-0.05, 0) is 35.4 Å². The zero-order chi connectivity index (χ0) is 18.0. The topological polar surface area (TPSA) is 44.9 Å². The van der Waals surface area contributed by atoms with Crippen LogP contribution in [0.1, 0.15) is 25.0 Å². The monoisotopic (exact) mass is 358 g/mol. The van der Waals surface area contributed by atoms with Crippen molar-refractivity contribution >= 4 is 28.4 Å². The summed E-state index contributed by atoms with van der Waals surface area (Å²) in [5, 5.41) is 4.76. The summed E-state index contributed by atoms with van der Waals surface area (Å²) in [6.45, 7) is 4.67. The van der Waals surface area contributed by atoms with E-state index in [1.54, 1.807) is 12.1 Å². The average Bonchev–Trinajstić information content (AvgIpc) is 2.99. The van der Waals surface area contributed by atoms with Crippen LogP contribution in [0.15, 0.2) is 48.7 Å². The van der Waals surface area contributed by atoms with Crippen LogP contribution < -0.4 is 5.32 Å². The second-order valence-electron chi connectivity index (χ2n) is 6.86. The minimum atomic E-state index is -0.301. The number of amides is 1. The van der Waals surface area contributed by atoms with Gasteiger partial charge in [-0.25, -0.2) is 4.39 Å². The Kier molecular flexibility index (Phi) is 4.82. The Balaban J connectivity index is 1.68. The highest BCUT2D eigenvalue weighted by Gasteiger charge is 2.24. The van der Waals surface area contributed by atoms with Gasteiger partial charge in [-0.1, -0.05) is 43.6 Å². The van der Waals surface area contributed by atoms with Crippen LogP contribution >= 0.6 is 11.6 Å². The van der Waals surface area contributed by atoms with Crippen molar-refractivity contribution in [1.29, 1.82) is 0 Å². The van der Waals surface area contributed by atoms with Crippen molar-refractivity contribution in [2.24, 2.45) is 0 Å². The summed E-state index contributed by atoms with van der Waals surface area (Å²) in [4.78, 5) is 15.4. The van der Waals surface area contributed by atoms with Crippen LogP contribution in [-0.4, -0.2) is 17.4 Å². The first-order chi connectivity index (χ1) is 11.8. The van der Waals surface area contributed by atoms with Gasteiger partial charge in [0, 0.05) is 34.1 Å². The number of carbonyl (C=O) groups excluding carboxylic acids is 1. The second-order valence-corrected chi connectivity index (χ2v) is 7.29. The standard InChI is InChI=1S/C20H20ClFN2O/c1-20(2,17-11-23-18-10-14(21)5-8-16(17)18)12-24-19(25)9-13-3-6-15(22)7-4-13/h3-8,10-11,23H,9,12H2,1-2H3,(H,24,25). The molecule has 1 amide bonds. The summed E-state index contributed by atoms with van der Waals surface area (Å²) < 4.78 is 12.9. The minimum Gasteiger partial charge on any atom is -0.361 e. The van der Waals surface area contributed by atoms with E-state index in [4.69, 9.17) is 11.6 Å². The van der Waals surface area contributed by atoms with Crippen molar-refractivity contribution in [3.63, 3.8) is 0 Å². The molecule has 0 aliphatic rings. The molecule has 1 heterocycles. The number of aromatic amines is 1. The molecular formula is C20H20ClFN2O. The Morgan fingerprint density at radius 2 is 1.92 bits per heavy atom. The molecule has 0 aliphatic carbocycles. The summed E-state index contributed by atoms with van der Waals surface area (Å²) in [5.74, 6) is -0.382. The zero-order valence-electron chi connectivity index (χ0n) is 14.2. The summed E-state index contributed by atoms with van der Waals surface area (Å²) >= 11 is 6.03. The van der Waals surface area contributed by atoms with Gasteiger partial charge in [0.05, 0.1) is 6.42 Å². The van der Waals surface area contributed by atoms with Crippen LogP contribution in [0.3, 0.4) is 0 Å². The number of fused-ring (bicyclic) bond motifs is 1. The van der Waals surface area contributed by atoms with Crippen LogP contribution in [0.25, 0.3) is 10.9 Å². The first kappa shape index (κ1) is 17.5. The van der Waals surface area contributed by atoms with E-state index in [1.165, 1.54) is 12.1 Å². The molecule has 2 aromatic carbocycles. The van der Waals surface area contributed by atoms with Gasteiger partial charge in [0.2, 0.25) is 5.91 Å². The van der Waals surface area contributed by atoms with Gasteiger partial charge in [0.25, 0.3) is 0 Å². The minimum absolute atomic E-state index is 0.0810. The van der Waals surface area contributed by atoms with Crippen molar-refractivity contribution in [3.8, 4) is 0 Å². The van der Waals surface area contributed by atoms with E-state index in [0.717, 1.165) is 22.0 Å². The lowest BCUT2D eigenvalue weighted by atomic mass is 9.84. The number of nitrogens with one attached hydrogen (secondary N) is 2. The van der Waals surface area contributed by atoms with Crippen LogP contribution in [0.5, 0.6) is 0 Å². The van der Waals surface area contributed by atoms with Crippen LogP contribution in [0.4, 0.5) is 4.39 Å². The Hall–Kier alpha value is -2.33. The van der Waals surface area contributed by atoms with Crippen molar-refractivity contribution in [2.45, 2.75) is 25.7 Å². The molecule has 0 fully saturated rings. The fraction of sp³-hybridized carbons (Fsp3) is 0.250. The number of halogens is 2. The molecule has 3 aromatic rings. The summed E-state index contributed by atoms with van der Waals surface area (Å²) in [7, 11) is 0. The predicted molar refractivity (Wildman–Crippen MR) is 99.4 cm³/mol. The number of carbonyl (C=O) groups is 1. The van der Waals surface area contributed by atoms with E-state index < -0.39 is 0 Å². The van der Waals surface area contributed by atoms with E-state index in [0.29, 0.717) is 11.6 Å².